The van der Waals surface area contributed by atoms with E-state index in [0.29, 0.717) is 24.5 Å². The molecule has 1 aliphatic heterocycles. The lowest BCUT2D eigenvalue weighted by Crippen LogP contribution is -2.39. The molecule has 2 heterocycles. The van der Waals surface area contributed by atoms with Crippen molar-refractivity contribution in [3.05, 3.63) is 51.9 Å². The Morgan fingerprint density at radius 2 is 1.91 bits per heavy atom. The Kier molecular flexibility index (Phi) is 4.34. The van der Waals surface area contributed by atoms with E-state index in [1.807, 2.05) is 31.2 Å². The van der Waals surface area contributed by atoms with Crippen molar-refractivity contribution in [2.45, 2.75) is 19.8 Å². The Balaban J connectivity index is 1.79. The van der Waals surface area contributed by atoms with Crippen LogP contribution < -0.4 is 5.56 Å². The van der Waals surface area contributed by atoms with E-state index in [2.05, 4.69) is 5.10 Å². The van der Waals surface area contributed by atoms with Gasteiger partial charge in [0.15, 0.2) is 0 Å². The number of aliphatic hydroxyl groups is 1. The van der Waals surface area contributed by atoms with Crippen molar-refractivity contribution in [3.63, 3.8) is 0 Å². The summed E-state index contributed by atoms with van der Waals surface area (Å²) in [4.78, 5) is 26.4. The highest BCUT2D eigenvalue weighted by atomic mass is 16.3. The summed E-state index contributed by atoms with van der Waals surface area (Å²) in [6, 6.07) is 8.87. The van der Waals surface area contributed by atoms with Crippen LogP contribution in [-0.4, -0.2) is 45.4 Å². The third-order valence-electron chi connectivity index (χ3n) is 4.40. The molecule has 0 saturated carbocycles. The van der Waals surface area contributed by atoms with Gasteiger partial charge in [0.1, 0.15) is 5.69 Å². The van der Waals surface area contributed by atoms with E-state index in [-0.39, 0.29) is 24.0 Å². The molecule has 6 heteroatoms. The first-order valence-electron chi connectivity index (χ1n) is 7.87. The lowest BCUT2D eigenvalue weighted by atomic mass is 9.98. The van der Waals surface area contributed by atoms with Gasteiger partial charge in [0.05, 0.1) is 5.69 Å². The molecule has 0 unspecified atom stereocenters. The van der Waals surface area contributed by atoms with Crippen LogP contribution in [0.15, 0.2) is 35.1 Å². The summed E-state index contributed by atoms with van der Waals surface area (Å²) in [5.41, 5.74) is 1.87. The normalized spacial score (nSPS) is 15.8. The number of carbonyl (C=O) groups excluding carboxylic acids is 1. The Labute approximate surface area is 134 Å². The van der Waals surface area contributed by atoms with E-state index >= 15 is 0 Å². The van der Waals surface area contributed by atoms with Crippen molar-refractivity contribution in [3.8, 4) is 5.69 Å². The maximum atomic E-state index is 12.5. The Hall–Kier alpha value is -2.34. The number of amides is 1. The molecule has 0 bridgehead atoms. The molecule has 1 aromatic carbocycles. The summed E-state index contributed by atoms with van der Waals surface area (Å²) in [6.45, 7) is 3.37. The quantitative estimate of drug-likeness (QED) is 0.896. The number of likely N-dealkylation sites (tertiary alicyclic amines) is 1. The van der Waals surface area contributed by atoms with E-state index in [0.717, 1.165) is 18.4 Å². The van der Waals surface area contributed by atoms with Gasteiger partial charge in [-0.2, -0.15) is 0 Å². The van der Waals surface area contributed by atoms with Crippen molar-refractivity contribution < 1.29 is 9.90 Å². The predicted molar refractivity (Wildman–Crippen MR) is 86.8 cm³/mol. The number of hydrogen-bond donors (Lipinski definition) is 2. The highest BCUT2D eigenvalue weighted by Gasteiger charge is 2.24. The van der Waals surface area contributed by atoms with Crippen LogP contribution in [0.2, 0.25) is 0 Å². The van der Waals surface area contributed by atoms with Gasteiger partial charge in [-0.3, -0.25) is 14.7 Å². The second-order valence-electron chi connectivity index (χ2n) is 6.10. The van der Waals surface area contributed by atoms with Crippen LogP contribution in [0.25, 0.3) is 5.69 Å². The highest BCUT2D eigenvalue weighted by Crippen LogP contribution is 2.18. The second kappa shape index (κ2) is 6.42. The summed E-state index contributed by atoms with van der Waals surface area (Å²) in [5, 5.41) is 12.1. The molecular formula is C17H21N3O3. The molecular weight excluding hydrogens is 294 g/mol. The zero-order valence-electron chi connectivity index (χ0n) is 13.2. The van der Waals surface area contributed by atoms with E-state index in [1.54, 1.807) is 4.90 Å². The van der Waals surface area contributed by atoms with E-state index < -0.39 is 0 Å². The van der Waals surface area contributed by atoms with Gasteiger partial charge in [0, 0.05) is 25.8 Å². The summed E-state index contributed by atoms with van der Waals surface area (Å²) >= 11 is 0. The minimum Gasteiger partial charge on any atom is -0.396 e. The fraction of sp³-hybridized carbons (Fsp3) is 0.412. The van der Waals surface area contributed by atoms with Gasteiger partial charge in [-0.15, -0.1) is 0 Å². The first kappa shape index (κ1) is 15.6. The fourth-order valence-electron chi connectivity index (χ4n) is 2.88. The molecule has 0 atom stereocenters. The number of aromatic nitrogens is 2. The van der Waals surface area contributed by atoms with Crippen molar-refractivity contribution in [1.82, 2.24) is 14.7 Å². The molecule has 0 spiro atoms. The van der Waals surface area contributed by atoms with Crippen LogP contribution in [0.3, 0.4) is 0 Å². The minimum atomic E-state index is -0.248. The standard InChI is InChI=1S/C17H21N3O3/c1-12-2-4-14(5-3-12)20-16(22)10-15(18-20)17(23)19-8-6-13(11-21)7-9-19/h2-5,10,13,18,21H,6-9,11H2,1H3. The number of rotatable bonds is 3. The summed E-state index contributed by atoms with van der Waals surface area (Å²) in [5.74, 6) is 0.111. The van der Waals surface area contributed by atoms with Gasteiger partial charge in [-0.25, -0.2) is 4.68 Å². The average Bonchev–Trinajstić information content (AvgIpc) is 2.97. The van der Waals surface area contributed by atoms with E-state index in [9.17, 15) is 9.59 Å². The average molecular weight is 315 g/mol. The molecule has 2 N–H and O–H groups in total. The second-order valence-corrected chi connectivity index (χ2v) is 6.10. The lowest BCUT2D eigenvalue weighted by molar-refractivity contribution is 0.0644. The fourth-order valence-corrected chi connectivity index (χ4v) is 2.88. The zero-order valence-corrected chi connectivity index (χ0v) is 13.2. The maximum Gasteiger partial charge on any atom is 0.271 e. The van der Waals surface area contributed by atoms with Gasteiger partial charge >= 0.3 is 0 Å². The molecule has 1 aromatic heterocycles. The number of aliphatic hydroxyl groups excluding tert-OH is 1. The van der Waals surface area contributed by atoms with Crippen LogP contribution >= 0.6 is 0 Å². The van der Waals surface area contributed by atoms with Crippen LogP contribution in [0.1, 0.15) is 28.9 Å². The van der Waals surface area contributed by atoms with Gasteiger partial charge in [0.25, 0.3) is 11.5 Å². The summed E-state index contributed by atoms with van der Waals surface area (Å²) in [7, 11) is 0. The number of hydrogen-bond acceptors (Lipinski definition) is 3. The molecule has 2 aromatic rings. The molecule has 1 fully saturated rings. The molecule has 0 radical (unpaired) electrons. The molecule has 1 saturated heterocycles. The number of aryl methyl sites for hydroxylation is 1. The van der Waals surface area contributed by atoms with Gasteiger partial charge < -0.3 is 10.0 Å². The Bertz CT molecular complexity index is 737. The van der Waals surface area contributed by atoms with Crippen molar-refractivity contribution in [2.24, 2.45) is 5.92 Å². The van der Waals surface area contributed by atoms with Crippen LogP contribution in [0, 0.1) is 12.8 Å². The minimum absolute atomic E-state index is 0.163. The first-order chi connectivity index (χ1) is 11.1. The SMILES string of the molecule is Cc1ccc(-n2[nH]c(C(=O)N3CCC(CO)CC3)cc2=O)cc1. The van der Waals surface area contributed by atoms with Crippen molar-refractivity contribution >= 4 is 5.91 Å². The molecule has 0 aliphatic carbocycles. The van der Waals surface area contributed by atoms with Crippen LogP contribution in [0.5, 0.6) is 0 Å². The zero-order chi connectivity index (χ0) is 16.4. The number of nitrogens with one attached hydrogen (secondary N) is 1. The Morgan fingerprint density at radius 3 is 2.52 bits per heavy atom. The third-order valence-corrected chi connectivity index (χ3v) is 4.40. The topological polar surface area (TPSA) is 78.3 Å². The van der Waals surface area contributed by atoms with Gasteiger partial charge in [-0.1, -0.05) is 17.7 Å². The molecule has 122 valence electrons. The van der Waals surface area contributed by atoms with Gasteiger partial charge in [0.2, 0.25) is 0 Å². The van der Waals surface area contributed by atoms with E-state index in [1.165, 1.54) is 10.7 Å². The maximum absolute atomic E-state index is 12.5. The molecule has 6 nitrogen and oxygen atoms in total. The molecule has 3 rings (SSSR count). The van der Waals surface area contributed by atoms with Crippen LogP contribution in [0.4, 0.5) is 0 Å². The van der Waals surface area contributed by atoms with Crippen molar-refractivity contribution in [2.75, 3.05) is 19.7 Å². The Morgan fingerprint density at radius 1 is 1.26 bits per heavy atom. The monoisotopic (exact) mass is 315 g/mol. The highest BCUT2D eigenvalue weighted by molar-refractivity contribution is 5.92. The summed E-state index contributed by atoms with van der Waals surface area (Å²) < 4.78 is 1.38. The predicted octanol–water partition coefficient (Wildman–Crippen LogP) is 1.32. The molecule has 1 aliphatic rings. The third kappa shape index (κ3) is 3.22. The number of piperidine rings is 1. The number of nitrogens with zero attached hydrogens (tertiary/aromatic N) is 2. The van der Waals surface area contributed by atoms with Crippen LogP contribution in [-0.2, 0) is 0 Å². The number of benzene rings is 1. The molecule has 23 heavy (non-hydrogen) atoms. The number of aromatic amines is 1. The smallest absolute Gasteiger partial charge is 0.271 e. The number of carbonyl (C=O) groups is 1. The number of H-pyrrole nitrogens is 1. The molecule has 1 amide bonds. The summed E-state index contributed by atoms with van der Waals surface area (Å²) in [6.07, 6.45) is 1.59. The largest absolute Gasteiger partial charge is 0.396 e. The van der Waals surface area contributed by atoms with Gasteiger partial charge in [-0.05, 0) is 37.8 Å². The van der Waals surface area contributed by atoms with E-state index in [4.69, 9.17) is 5.11 Å². The first-order valence-corrected chi connectivity index (χ1v) is 7.87. The lowest BCUT2D eigenvalue weighted by Gasteiger charge is -2.30. The van der Waals surface area contributed by atoms with Crippen molar-refractivity contribution in [1.29, 1.82) is 0 Å².